The molecule has 75 heavy (non-hydrogen) atoms. The van der Waals surface area contributed by atoms with Gasteiger partial charge in [0.15, 0.2) is 11.6 Å². The van der Waals surface area contributed by atoms with Crippen LogP contribution in [-0.2, 0) is 12.4 Å². The number of hydrogen-bond acceptors (Lipinski definition) is 11. The van der Waals surface area contributed by atoms with Gasteiger partial charge in [-0.1, -0.05) is 65.7 Å². The molecule has 2 N–H and O–H groups in total. The number of carbonyl (C=O) groups excluding carboxylic acids is 1. The first kappa shape index (κ1) is 50.5. The van der Waals surface area contributed by atoms with Crippen molar-refractivity contribution in [1.82, 2.24) is 33.9 Å². The van der Waals surface area contributed by atoms with Gasteiger partial charge in [0.1, 0.15) is 17.3 Å². The number of nitrogens with zero attached hydrogens (tertiary/aromatic N) is 10. The highest BCUT2D eigenvalue weighted by Gasteiger charge is 2.40. The summed E-state index contributed by atoms with van der Waals surface area (Å²) in [5.41, 5.74) is 0.473. The Labute approximate surface area is 433 Å². The van der Waals surface area contributed by atoms with Crippen molar-refractivity contribution in [2.75, 3.05) is 51.5 Å². The molecule has 4 aliphatic heterocycles. The number of aromatic nitrogens is 7. The lowest BCUT2D eigenvalue weighted by atomic mass is 9.99. The zero-order valence-electron chi connectivity index (χ0n) is 39.2. The van der Waals surface area contributed by atoms with Crippen molar-refractivity contribution in [3.05, 3.63) is 176 Å². The minimum Gasteiger partial charge on any atom is -0.366 e. The monoisotopic (exact) mass is 1070 g/mol. The van der Waals surface area contributed by atoms with Gasteiger partial charge in [-0.3, -0.25) is 14.6 Å². The van der Waals surface area contributed by atoms with Crippen molar-refractivity contribution in [1.29, 1.82) is 0 Å². The van der Waals surface area contributed by atoms with E-state index in [0.29, 0.717) is 57.7 Å². The van der Waals surface area contributed by atoms with Crippen LogP contribution in [0.1, 0.15) is 36.8 Å². The average molecular weight is 1070 g/mol. The molecule has 10 heterocycles. The van der Waals surface area contributed by atoms with Crippen LogP contribution in [0.25, 0.3) is 34.0 Å². The summed E-state index contributed by atoms with van der Waals surface area (Å²) in [5, 5.41) is 6.76. The van der Waals surface area contributed by atoms with Gasteiger partial charge in [-0.05, 0) is 98.5 Å². The largest absolute Gasteiger partial charge is 0.416 e. The summed E-state index contributed by atoms with van der Waals surface area (Å²) >= 11 is 12.8. The SMILES string of the molecule is FC(F)(F)c1cccc(-c2nc3c(cc2Cl)N2CCC[C@@H](C2)N3)c1.O=C(Nc1ccccn1)N1c2nc(-c3cccc(C(F)(F)F)c3)c(Cl)cc2N2CCC[C@H]1C2.O=c1nc2ccccn2c(=O)n1-c1ccccn1. The maximum atomic E-state index is 13.3. The van der Waals surface area contributed by atoms with Gasteiger partial charge in [0.25, 0.3) is 0 Å². The number of pyridine rings is 5. The molecular weight excluding hydrogens is 1030 g/mol. The van der Waals surface area contributed by atoms with Crippen LogP contribution < -0.4 is 36.7 Å². The number of piperidine rings is 2. The Balaban J connectivity index is 0.000000134. The number of nitrogens with one attached hydrogen (secondary N) is 2. The Kier molecular flexibility index (Phi) is 13.9. The van der Waals surface area contributed by atoms with E-state index < -0.39 is 40.9 Å². The molecule has 384 valence electrons. The first-order valence-electron chi connectivity index (χ1n) is 23.6. The van der Waals surface area contributed by atoms with Crippen LogP contribution in [0.4, 0.5) is 60.0 Å². The number of amides is 2. The molecule has 0 saturated carbocycles. The summed E-state index contributed by atoms with van der Waals surface area (Å²) in [6, 6.07) is 28.5. The Bertz CT molecular complexity index is 3550. The Morgan fingerprint density at radius 3 is 1.95 bits per heavy atom. The van der Waals surface area contributed by atoms with E-state index >= 15 is 0 Å². The summed E-state index contributed by atoms with van der Waals surface area (Å²) in [4.78, 5) is 64.4. The summed E-state index contributed by atoms with van der Waals surface area (Å²) in [6.07, 6.45) is -0.384. The summed E-state index contributed by atoms with van der Waals surface area (Å²) in [5.74, 6) is 1.73. The minimum atomic E-state index is -4.49. The lowest BCUT2D eigenvalue weighted by molar-refractivity contribution is -0.138. The van der Waals surface area contributed by atoms with Gasteiger partial charge in [-0.25, -0.2) is 34.3 Å². The zero-order chi connectivity index (χ0) is 52.6. The van der Waals surface area contributed by atoms with Gasteiger partial charge in [0.05, 0.1) is 50.0 Å². The number of alkyl halides is 6. The number of rotatable bonds is 4. The molecule has 0 radical (unpaired) electrons. The van der Waals surface area contributed by atoms with E-state index in [9.17, 15) is 40.7 Å². The number of benzene rings is 2. The minimum absolute atomic E-state index is 0.127. The molecule has 0 unspecified atom stereocenters. The van der Waals surface area contributed by atoms with E-state index in [0.717, 1.165) is 79.8 Å². The van der Waals surface area contributed by atoms with Gasteiger partial charge in [0, 0.05) is 61.9 Å². The summed E-state index contributed by atoms with van der Waals surface area (Å²) in [7, 11) is 0. The first-order valence-corrected chi connectivity index (χ1v) is 24.3. The predicted molar refractivity (Wildman–Crippen MR) is 274 cm³/mol. The van der Waals surface area contributed by atoms with E-state index in [1.54, 1.807) is 90.1 Å². The fraction of sp³-hybridized carbons (Fsp3) is 0.231. The lowest BCUT2D eigenvalue weighted by Crippen LogP contribution is -2.56. The molecule has 15 nitrogen and oxygen atoms in total. The van der Waals surface area contributed by atoms with Crippen molar-refractivity contribution < 1.29 is 31.1 Å². The normalized spacial score (nSPS) is 16.6. The van der Waals surface area contributed by atoms with Crippen molar-refractivity contribution >= 4 is 63.7 Å². The Morgan fingerprint density at radius 1 is 0.667 bits per heavy atom. The highest BCUT2D eigenvalue weighted by Crippen LogP contribution is 2.44. The number of anilines is 5. The number of hydrogen-bond donors (Lipinski definition) is 2. The standard InChI is InChI=1S/C23H19ClF3N5O.C17H15ClF3N3.C12H8N4O2/c24-17-12-18-21(30-20(17)14-5-3-6-15(11-14)23(25,26)27)32(16-7-4-10-31(18)13-16)22(33)29-19-8-1-2-9-28-19;18-13-8-14-16(22-12-5-2-6-24(14)9-12)23-15(13)10-3-1-4-11(7-10)17(19,20)21;17-11-14-10-6-2-4-8-15(10)12(18)16(11)9-5-1-3-7-13-9/h1-3,5-6,8-9,11-12,16H,4,7,10,13H2,(H,28,29,33);1,3-4,7-8,12H,2,5-6,9H2,(H,22,23);1-8H/t16-;12-;/m00./s1. The fourth-order valence-electron chi connectivity index (χ4n) is 9.44. The number of fused-ring (bicyclic) bond motifs is 9. The van der Waals surface area contributed by atoms with Crippen molar-refractivity contribution in [2.24, 2.45) is 0 Å². The molecule has 2 saturated heterocycles. The molecule has 4 aliphatic rings. The quantitative estimate of drug-likeness (QED) is 0.162. The number of urea groups is 1. The van der Waals surface area contributed by atoms with E-state index in [4.69, 9.17) is 23.2 Å². The molecule has 0 aliphatic carbocycles. The first-order chi connectivity index (χ1) is 36.0. The van der Waals surface area contributed by atoms with Gasteiger partial charge in [0.2, 0.25) is 0 Å². The molecule has 2 fully saturated rings. The zero-order valence-corrected chi connectivity index (χ0v) is 40.7. The van der Waals surface area contributed by atoms with E-state index in [2.05, 4.69) is 45.4 Å². The summed E-state index contributed by atoms with van der Waals surface area (Å²) < 4.78 is 80.8. The van der Waals surface area contributed by atoms with Crippen LogP contribution >= 0.6 is 23.2 Å². The van der Waals surface area contributed by atoms with Crippen molar-refractivity contribution in [3.63, 3.8) is 0 Å². The van der Waals surface area contributed by atoms with Gasteiger partial charge < -0.3 is 15.1 Å². The van der Waals surface area contributed by atoms with Gasteiger partial charge >= 0.3 is 29.8 Å². The number of halogens is 8. The molecule has 2 amide bonds. The molecule has 2 atom stereocenters. The molecule has 0 spiro atoms. The maximum Gasteiger partial charge on any atom is 0.416 e. The second kappa shape index (κ2) is 20.7. The topological polar surface area (TPSA) is 159 Å². The Morgan fingerprint density at radius 2 is 1.29 bits per heavy atom. The van der Waals surface area contributed by atoms with Crippen LogP contribution in [0.5, 0.6) is 0 Å². The highest BCUT2D eigenvalue weighted by molar-refractivity contribution is 6.34. The smallest absolute Gasteiger partial charge is 0.366 e. The van der Waals surface area contributed by atoms with Crippen molar-refractivity contribution in [2.45, 2.75) is 50.1 Å². The molecule has 4 bridgehead atoms. The second-order valence-electron chi connectivity index (χ2n) is 17.8. The molecule has 12 rings (SSSR count). The van der Waals surface area contributed by atoms with Crippen LogP contribution in [0.15, 0.2) is 143 Å². The molecule has 8 aromatic rings. The molecule has 23 heteroatoms. The molecular formula is C52H42Cl2F6N12O3. The third kappa shape index (κ3) is 10.7. The fourth-order valence-corrected chi connectivity index (χ4v) is 9.95. The van der Waals surface area contributed by atoms with Crippen LogP contribution in [-0.4, -0.2) is 78.2 Å². The lowest BCUT2D eigenvalue weighted by Gasteiger charge is -2.46. The molecule has 2 aromatic carbocycles. The average Bonchev–Trinajstić information content (AvgIpc) is 3.40. The van der Waals surface area contributed by atoms with E-state index in [-0.39, 0.29) is 28.1 Å². The highest BCUT2D eigenvalue weighted by atomic mass is 35.5. The van der Waals surface area contributed by atoms with E-state index in [1.807, 2.05) is 0 Å². The maximum absolute atomic E-state index is 13.3. The van der Waals surface area contributed by atoms with Gasteiger partial charge in [-0.15, -0.1) is 0 Å². The number of carbonyl (C=O) groups is 1. The van der Waals surface area contributed by atoms with Crippen LogP contribution in [0, 0.1) is 0 Å². The predicted octanol–water partition coefficient (Wildman–Crippen LogP) is 10.9. The van der Waals surface area contributed by atoms with Crippen LogP contribution in [0.3, 0.4) is 0 Å². The Hall–Kier alpha value is -8.04. The third-order valence-electron chi connectivity index (χ3n) is 12.9. The second-order valence-corrected chi connectivity index (χ2v) is 18.6. The molecule has 6 aromatic heterocycles. The van der Waals surface area contributed by atoms with Crippen molar-refractivity contribution in [3.8, 4) is 28.3 Å². The third-order valence-corrected chi connectivity index (χ3v) is 13.5. The summed E-state index contributed by atoms with van der Waals surface area (Å²) in [6.45, 7) is 3.28. The van der Waals surface area contributed by atoms with Gasteiger partial charge in [-0.2, -0.15) is 35.9 Å². The van der Waals surface area contributed by atoms with E-state index in [1.165, 1.54) is 28.8 Å². The van der Waals surface area contributed by atoms with Crippen LogP contribution in [0.2, 0.25) is 10.0 Å².